The summed E-state index contributed by atoms with van der Waals surface area (Å²) in [5.74, 6) is 1.13. The van der Waals surface area contributed by atoms with Gasteiger partial charge in [0.2, 0.25) is 0 Å². The van der Waals surface area contributed by atoms with Crippen molar-refractivity contribution in [1.82, 2.24) is 0 Å². The molecule has 3 aromatic carbocycles. The quantitative estimate of drug-likeness (QED) is 0.557. The molecule has 5 rings (SSSR count). The molecule has 0 saturated carbocycles. The summed E-state index contributed by atoms with van der Waals surface area (Å²) in [4.78, 5) is 13.6. The highest BCUT2D eigenvalue weighted by molar-refractivity contribution is 6.01. The SMILES string of the molecule is COc1cccc(C2CC(=O)C3=C(C2)Nc2ccccc2NC3c2ccccc2C)c1. The Balaban J connectivity index is 1.61. The zero-order valence-electron chi connectivity index (χ0n) is 17.8. The number of fused-ring (bicyclic) bond motifs is 1. The summed E-state index contributed by atoms with van der Waals surface area (Å²) < 4.78 is 5.41. The molecule has 1 heterocycles. The number of nitrogens with one attached hydrogen (secondary N) is 2. The monoisotopic (exact) mass is 410 g/mol. The Hall–Kier alpha value is -3.53. The number of ketones is 1. The third-order valence-corrected chi connectivity index (χ3v) is 6.37. The van der Waals surface area contributed by atoms with Gasteiger partial charge in [0.15, 0.2) is 5.78 Å². The molecule has 0 amide bonds. The van der Waals surface area contributed by atoms with E-state index in [0.717, 1.165) is 45.9 Å². The molecule has 0 bridgehead atoms. The van der Waals surface area contributed by atoms with Crippen LogP contribution in [0.1, 0.15) is 41.5 Å². The van der Waals surface area contributed by atoms with Crippen molar-refractivity contribution in [1.29, 1.82) is 0 Å². The molecule has 2 atom stereocenters. The molecule has 4 heteroatoms. The van der Waals surface area contributed by atoms with Crippen LogP contribution >= 0.6 is 0 Å². The topological polar surface area (TPSA) is 50.4 Å². The van der Waals surface area contributed by atoms with Gasteiger partial charge in [0, 0.05) is 17.7 Å². The highest BCUT2D eigenvalue weighted by atomic mass is 16.5. The van der Waals surface area contributed by atoms with Crippen molar-refractivity contribution in [3.05, 3.63) is 101 Å². The van der Waals surface area contributed by atoms with Crippen LogP contribution in [0.5, 0.6) is 5.75 Å². The largest absolute Gasteiger partial charge is 0.497 e. The number of ether oxygens (including phenoxy) is 1. The lowest BCUT2D eigenvalue weighted by Crippen LogP contribution is -2.27. The summed E-state index contributed by atoms with van der Waals surface area (Å²) >= 11 is 0. The Morgan fingerprint density at radius 1 is 0.903 bits per heavy atom. The van der Waals surface area contributed by atoms with Crippen LogP contribution in [0, 0.1) is 6.92 Å². The van der Waals surface area contributed by atoms with Crippen molar-refractivity contribution in [2.75, 3.05) is 17.7 Å². The molecular formula is C27H26N2O2. The minimum absolute atomic E-state index is 0.122. The summed E-state index contributed by atoms with van der Waals surface area (Å²) in [6.07, 6.45) is 1.28. The lowest BCUT2D eigenvalue weighted by Gasteiger charge is -2.30. The van der Waals surface area contributed by atoms with E-state index in [9.17, 15) is 4.79 Å². The van der Waals surface area contributed by atoms with E-state index in [2.05, 4.69) is 47.9 Å². The first kappa shape index (κ1) is 19.4. The average molecular weight is 411 g/mol. The third kappa shape index (κ3) is 3.59. The maximum absolute atomic E-state index is 13.6. The van der Waals surface area contributed by atoms with Gasteiger partial charge < -0.3 is 15.4 Å². The predicted molar refractivity (Wildman–Crippen MR) is 125 cm³/mol. The molecule has 3 aromatic rings. The van der Waals surface area contributed by atoms with Crippen molar-refractivity contribution in [2.45, 2.75) is 31.7 Å². The molecule has 0 fully saturated rings. The van der Waals surface area contributed by atoms with Gasteiger partial charge in [-0.3, -0.25) is 4.79 Å². The first-order valence-electron chi connectivity index (χ1n) is 10.7. The summed E-state index contributed by atoms with van der Waals surface area (Å²) in [6.45, 7) is 2.10. The number of hydrogen-bond donors (Lipinski definition) is 2. The molecule has 156 valence electrons. The van der Waals surface area contributed by atoms with E-state index < -0.39 is 0 Å². The van der Waals surface area contributed by atoms with Gasteiger partial charge in [-0.25, -0.2) is 0 Å². The third-order valence-electron chi connectivity index (χ3n) is 6.37. The molecule has 0 saturated heterocycles. The van der Waals surface area contributed by atoms with E-state index in [1.807, 2.05) is 42.5 Å². The van der Waals surface area contributed by atoms with Crippen molar-refractivity contribution in [3.8, 4) is 5.75 Å². The fourth-order valence-electron chi connectivity index (χ4n) is 4.77. The normalized spacial score (nSPS) is 20.1. The number of anilines is 2. The number of methoxy groups -OCH3 is 1. The van der Waals surface area contributed by atoms with Crippen LogP contribution in [-0.4, -0.2) is 12.9 Å². The maximum Gasteiger partial charge on any atom is 0.163 e. The number of aryl methyl sites for hydroxylation is 1. The Kier molecular flexibility index (Phi) is 4.99. The molecular weight excluding hydrogens is 384 g/mol. The van der Waals surface area contributed by atoms with Crippen LogP contribution in [0.4, 0.5) is 11.4 Å². The van der Waals surface area contributed by atoms with Gasteiger partial charge in [0.1, 0.15) is 5.75 Å². The second kappa shape index (κ2) is 7.95. The second-order valence-corrected chi connectivity index (χ2v) is 8.30. The highest BCUT2D eigenvalue weighted by Crippen LogP contribution is 2.44. The van der Waals surface area contributed by atoms with Gasteiger partial charge >= 0.3 is 0 Å². The van der Waals surface area contributed by atoms with Crippen molar-refractivity contribution >= 4 is 17.2 Å². The Morgan fingerprint density at radius 3 is 2.48 bits per heavy atom. The van der Waals surface area contributed by atoms with Crippen LogP contribution in [0.3, 0.4) is 0 Å². The number of benzene rings is 3. The fraction of sp³-hybridized carbons (Fsp3) is 0.222. The van der Waals surface area contributed by atoms with Crippen molar-refractivity contribution in [2.24, 2.45) is 0 Å². The Bertz CT molecular complexity index is 1180. The number of rotatable bonds is 3. The number of carbonyl (C=O) groups excluding carboxylic acids is 1. The molecule has 2 unspecified atom stereocenters. The number of para-hydroxylation sites is 2. The van der Waals surface area contributed by atoms with Crippen molar-refractivity contribution < 1.29 is 9.53 Å². The first-order valence-corrected chi connectivity index (χ1v) is 10.7. The summed E-state index contributed by atoms with van der Waals surface area (Å²) in [6, 6.07) is 24.4. The van der Waals surface area contributed by atoms with E-state index in [4.69, 9.17) is 4.74 Å². The van der Waals surface area contributed by atoms with Crippen molar-refractivity contribution in [3.63, 3.8) is 0 Å². The average Bonchev–Trinajstić information content (AvgIpc) is 2.96. The number of Topliss-reactive ketones (excluding diaryl/α,β-unsaturated/α-hetero) is 1. The lowest BCUT2D eigenvalue weighted by molar-refractivity contribution is -0.116. The Morgan fingerprint density at radius 2 is 1.68 bits per heavy atom. The molecule has 31 heavy (non-hydrogen) atoms. The van der Waals surface area contributed by atoms with Crippen LogP contribution in [0.2, 0.25) is 0 Å². The molecule has 2 aliphatic rings. The van der Waals surface area contributed by atoms with Gasteiger partial charge in [0.05, 0.1) is 24.5 Å². The molecule has 1 aliphatic carbocycles. The Labute approximate surface area is 183 Å². The molecule has 0 spiro atoms. The van der Waals surface area contributed by atoms with Crippen LogP contribution in [0.25, 0.3) is 0 Å². The predicted octanol–water partition coefficient (Wildman–Crippen LogP) is 5.98. The number of hydrogen-bond acceptors (Lipinski definition) is 4. The van der Waals surface area contributed by atoms with E-state index in [-0.39, 0.29) is 17.7 Å². The summed E-state index contributed by atoms with van der Waals surface area (Å²) in [5, 5.41) is 7.26. The van der Waals surface area contributed by atoms with Gasteiger partial charge in [-0.05, 0) is 60.2 Å². The van der Waals surface area contributed by atoms with Gasteiger partial charge in [-0.1, -0.05) is 48.5 Å². The van der Waals surface area contributed by atoms with Gasteiger partial charge in [0.25, 0.3) is 0 Å². The highest BCUT2D eigenvalue weighted by Gasteiger charge is 2.36. The number of carbonyl (C=O) groups is 1. The minimum Gasteiger partial charge on any atom is -0.497 e. The summed E-state index contributed by atoms with van der Waals surface area (Å²) in [5.41, 5.74) is 7.33. The van der Waals surface area contributed by atoms with E-state index in [1.54, 1.807) is 7.11 Å². The molecule has 0 aromatic heterocycles. The first-order chi connectivity index (χ1) is 15.1. The van der Waals surface area contributed by atoms with Crippen LogP contribution in [-0.2, 0) is 4.79 Å². The summed E-state index contributed by atoms with van der Waals surface area (Å²) in [7, 11) is 1.67. The van der Waals surface area contributed by atoms with Crippen LogP contribution in [0.15, 0.2) is 84.1 Å². The fourth-order valence-corrected chi connectivity index (χ4v) is 4.77. The van der Waals surface area contributed by atoms with E-state index in [0.29, 0.717) is 6.42 Å². The zero-order chi connectivity index (χ0) is 21.4. The molecule has 0 radical (unpaired) electrons. The zero-order valence-corrected chi connectivity index (χ0v) is 17.8. The number of allylic oxidation sites excluding steroid dienone is 1. The standard InChI is InChI=1S/C27H26N2O2/c1-17-8-3-4-11-21(17)27-26-24(28-22-12-5-6-13-23(22)29-27)15-19(16-25(26)30)18-9-7-10-20(14-18)31-2/h3-14,19,27-29H,15-16H2,1-2H3. The van der Waals surface area contributed by atoms with Gasteiger partial charge in [-0.15, -0.1) is 0 Å². The maximum atomic E-state index is 13.6. The minimum atomic E-state index is -0.175. The molecule has 4 nitrogen and oxygen atoms in total. The second-order valence-electron chi connectivity index (χ2n) is 8.30. The smallest absolute Gasteiger partial charge is 0.163 e. The van der Waals surface area contributed by atoms with Crippen LogP contribution < -0.4 is 15.4 Å². The van der Waals surface area contributed by atoms with E-state index in [1.165, 1.54) is 5.56 Å². The molecule has 2 N–H and O–H groups in total. The lowest BCUT2D eigenvalue weighted by atomic mass is 9.78. The van der Waals surface area contributed by atoms with E-state index >= 15 is 0 Å². The van der Waals surface area contributed by atoms with Gasteiger partial charge in [-0.2, -0.15) is 0 Å². The molecule has 1 aliphatic heterocycles.